The molecule has 19 heavy (non-hydrogen) atoms. The number of fused-ring (bicyclic) bond motifs is 1. The fourth-order valence-electron chi connectivity index (χ4n) is 2.62. The van der Waals surface area contributed by atoms with Crippen LogP contribution in [0, 0.1) is 12.3 Å². The summed E-state index contributed by atoms with van der Waals surface area (Å²) < 4.78 is 7.28. The van der Waals surface area contributed by atoms with E-state index in [1.807, 2.05) is 32.2 Å². The Morgan fingerprint density at radius 1 is 1.53 bits per heavy atom. The summed E-state index contributed by atoms with van der Waals surface area (Å²) in [6.07, 6.45) is 0. The lowest BCUT2D eigenvalue weighted by atomic mass is 9.76. The minimum absolute atomic E-state index is 0.0491. The molecule has 0 radical (unpaired) electrons. The molecule has 5 nitrogen and oxygen atoms in total. The van der Waals surface area contributed by atoms with Crippen molar-refractivity contribution >= 4 is 11.0 Å². The number of nitrogens with zero attached hydrogens (tertiary/aromatic N) is 2. The molecular weight excluding hydrogens is 242 g/mol. The number of aliphatic hydroxyl groups is 1. The maximum atomic E-state index is 9.55. The number of imidazole rings is 1. The molecule has 2 heterocycles. The fraction of sp³-hybridized carbons (Fsp3) is 0.500. The van der Waals surface area contributed by atoms with Gasteiger partial charge < -0.3 is 20.1 Å². The predicted molar refractivity (Wildman–Crippen MR) is 72.7 cm³/mol. The van der Waals surface area contributed by atoms with Crippen LogP contribution in [-0.4, -0.2) is 34.5 Å². The minimum Gasteiger partial charge on any atom is -0.396 e. The third-order valence-corrected chi connectivity index (χ3v) is 4.24. The zero-order chi connectivity index (χ0) is 13.6. The molecule has 1 aromatic carbocycles. The number of hydrogen-bond acceptors (Lipinski definition) is 4. The van der Waals surface area contributed by atoms with E-state index < -0.39 is 0 Å². The number of rotatable bonds is 3. The van der Waals surface area contributed by atoms with Crippen molar-refractivity contribution in [2.75, 3.05) is 19.8 Å². The lowest BCUT2D eigenvalue weighted by Crippen LogP contribution is -2.52. The molecular formula is C14H19N3O2. The van der Waals surface area contributed by atoms with E-state index in [4.69, 9.17) is 10.5 Å². The van der Waals surface area contributed by atoms with Gasteiger partial charge in [0.1, 0.15) is 5.82 Å². The van der Waals surface area contributed by atoms with E-state index in [2.05, 4.69) is 9.55 Å². The first-order chi connectivity index (χ1) is 9.07. The molecule has 1 saturated heterocycles. The van der Waals surface area contributed by atoms with Crippen molar-refractivity contribution in [1.29, 1.82) is 0 Å². The molecule has 3 rings (SSSR count). The molecule has 0 spiro atoms. The summed E-state index contributed by atoms with van der Waals surface area (Å²) in [7, 11) is 2.00. The number of aryl methyl sites for hydroxylation is 2. The van der Waals surface area contributed by atoms with Crippen molar-refractivity contribution in [2.45, 2.75) is 13.0 Å². The van der Waals surface area contributed by atoms with Crippen molar-refractivity contribution < 1.29 is 9.84 Å². The molecule has 5 heteroatoms. The minimum atomic E-state index is -0.336. The normalized spacial score (nSPS) is 19.4. The second kappa shape index (κ2) is 4.30. The van der Waals surface area contributed by atoms with Crippen LogP contribution in [0.25, 0.3) is 11.0 Å². The van der Waals surface area contributed by atoms with Crippen molar-refractivity contribution in [3.63, 3.8) is 0 Å². The number of ether oxygens (including phenoxy) is 1. The summed E-state index contributed by atoms with van der Waals surface area (Å²) in [5, 5.41) is 9.55. The van der Waals surface area contributed by atoms with Crippen molar-refractivity contribution in [3.05, 3.63) is 29.6 Å². The van der Waals surface area contributed by atoms with Crippen LogP contribution >= 0.6 is 0 Å². The highest BCUT2D eigenvalue weighted by molar-refractivity contribution is 5.77. The molecule has 1 fully saturated rings. The molecule has 1 aliphatic heterocycles. The van der Waals surface area contributed by atoms with E-state index in [-0.39, 0.29) is 18.1 Å². The molecule has 0 bridgehead atoms. The Labute approximate surface area is 112 Å². The highest BCUT2D eigenvalue weighted by Crippen LogP contribution is 2.39. The van der Waals surface area contributed by atoms with Gasteiger partial charge in [0.05, 0.1) is 36.3 Å². The zero-order valence-corrected chi connectivity index (χ0v) is 11.3. The largest absolute Gasteiger partial charge is 0.396 e. The van der Waals surface area contributed by atoms with Crippen LogP contribution in [0.2, 0.25) is 0 Å². The third-order valence-electron chi connectivity index (χ3n) is 4.24. The van der Waals surface area contributed by atoms with Crippen molar-refractivity contribution in [1.82, 2.24) is 9.55 Å². The van der Waals surface area contributed by atoms with Crippen LogP contribution in [0.15, 0.2) is 18.2 Å². The van der Waals surface area contributed by atoms with Gasteiger partial charge in [0.2, 0.25) is 0 Å². The van der Waals surface area contributed by atoms with Crippen LogP contribution < -0.4 is 5.73 Å². The Morgan fingerprint density at radius 2 is 2.26 bits per heavy atom. The topological polar surface area (TPSA) is 73.3 Å². The summed E-state index contributed by atoms with van der Waals surface area (Å²) in [4.78, 5) is 4.52. The average Bonchev–Trinajstić information content (AvgIpc) is 2.64. The molecule has 1 aliphatic rings. The highest BCUT2D eigenvalue weighted by Gasteiger charge is 2.44. The van der Waals surface area contributed by atoms with Gasteiger partial charge in [-0.2, -0.15) is 0 Å². The molecule has 0 aliphatic carbocycles. The smallest absolute Gasteiger partial charge is 0.106 e. The zero-order valence-electron chi connectivity index (χ0n) is 11.3. The van der Waals surface area contributed by atoms with E-state index in [0.29, 0.717) is 13.2 Å². The maximum Gasteiger partial charge on any atom is 0.106 e. The van der Waals surface area contributed by atoms with Crippen LogP contribution in [0.5, 0.6) is 0 Å². The molecule has 1 unspecified atom stereocenters. The lowest BCUT2D eigenvalue weighted by Gasteiger charge is -2.44. The van der Waals surface area contributed by atoms with Gasteiger partial charge in [0.15, 0.2) is 0 Å². The van der Waals surface area contributed by atoms with Gasteiger partial charge >= 0.3 is 0 Å². The number of benzene rings is 1. The first kappa shape index (κ1) is 12.6. The first-order valence-electron chi connectivity index (χ1n) is 6.44. The van der Waals surface area contributed by atoms with Crippen LogP contribution in [0.1, 0.15) is 17.4 Å². The summed E-state index contributed by atoms with van der Waals surface area (Å²) in [5.41, 5.74) is 9.01. The number of aliphatic hydroxyl groups excluding tert-OH is 1. The van der Waals surface area contributed by atoms with Crippen LogP contribution in [-0.2, 0) is 11.8 Å². The quantitative estimate of drug-likeness (QED) is 0.860. The van der Waals surface area contributed by atoms with Gasteiger partial charge in [-0.05, 0) is 24.6 Å². The Bertz CT molecular complexity index is 611. The van der Waals surface area contributed by atoms with E-state index in [9.17, 15) is 5.11 Å². The molecule has 1 aromatic heterocycles. The van der Waals surface area contributed by atoms with E-state index >= 15 is 0 Å². The number of nitrogens with two attached hydrogens (primary N) is 1. The maximum absolute atomic E-state index is 9.55. The number of aromatic nitrogens is 2. The summed E-state index contributed by atoms with van der Waals surface area (Å²) >= 11 is 0. The Morgan fingerprint density at radius 3 is 2.84 bits per heavy atom. The van der Waals surface area contributed by atoms with Gasteiger partial charge in [0, 0.05) is 13.1 Å². The lowest BCUT2D eigenvalue weighted by molar-refractivity contribution is -0.150. The van der Waals surface area contributed by atoms with Gasteiger partial charge in [0.25, 0.3) is 0 Å². The second-order valence-electron chi connectivity index (χ2n) is 5.46. The van der Waals surface area contributed by atoms with Crippen molar-refractivity contribution in [3.8, 4) is 0 Å². The van der Waals surface area contributed by atoms with Gasteiger partial charge in [-0.3, -0.25) is 0 Å². The molecule has 0 saturated carbocycles. The molecule has 3 N–H and O–H groups in total. The highest BCUT2D eigenvalue weighted by atomic mass is 16.5. The Balaban J connectivity index is 2.01. The average molecular weight is 261 g/mol. The van der Waals surface area contributed by atoms with Crippen LogP contribution in [0.4, 0.5) is 0 Å². The summed E-state index contributed by atoms with van der Waals surface area (Å²) in [5.74, 6) is 0.976. The van der Waals surface area contributed by atoms with E-state index in [1.54, 1.807) is 0 Å². The second-order valence-corrected chi connectivity index (χ2v) is 5.46. The van der Waals surface area contributed by atoms with E-state index in [1.165, 1.54) is 0 Å². The molecule has 0 amide bonds. The van der Waals surface area contributed by atoms with Gasteiger partial charge in [-0.1, -0.05) is 6.07 Å². The van der Waals surface area contributed by atoms with Crippen molar-refractivity contribution in [2.24, 2.45) is 18.2 Å². The molecule has 2 aromatic rings. The summed E-state index contributed by atoms with van der Waals surface area (Å²) in [6.45, 7) is 3.07. The molecule has 102 valence electrons. The number of hydrogen-bond donors (Lipinski definition) is 2. The monoisotopic (exact) mass is 261 g/mol. The fourth-order valence-corrected chi connectivity index (χ4v) is 2.62. The Kier molecular flexibility index (Phi) is 2.85. The SMILES string of the molecule is Cc1nc2cc(C(N)C3(CO)COC3)ccc2n1C. The van der Waals surface area contributed by atoms with Crippen LogP contribution in [0.3, 0.4) is 0 Å². The van der Waals surface area contributed by atoms with E-state index in [0.717, 1.165) is 22.4 Å². The standard InChI is InChI=1S/C14H19N3O2/c1-9-16-11-5-10(3-4-12(11)17(9)2)13(15)14(6-18)7-19-8-14/h3-5,13,18H,6-8,15H2,1-2H3. The summed E-state index contributed by atoms with van der Waals surface area (Å²) in [6, 6.07) is 5.85. The first-order valence-corrected chi connectivity index (χ1v) is 6.44. The van der Waals surface area contributed by atoms with Gasteiger partial charge in [-0.25, -0.2) is 4.98 Å². The van der Waals surface area contributed by atoms with Gasteiger partial charge in [-0.15, -0.1) is 0 Å². The predicted octanol–water partition coefficient (Wildman–Crippen LogP) is 0.890. The third kappa shape index (κ3) is 1.77. The molecule has 1 atom stereocenters. The Hall–Kier alpha value is -1.43.